The first-order valence-corrected chi connectivity index (χ1v) is 12.5. The molecule has 41 heavy (non-hydrogen) atoms. The number of fused-ring (bicyclic) bond motifs is 2. The molecule has 3 aromatic heterocycles. The van der Waals surface area contributed by atoms with Crippen LogP contribution in [0.2, 0.25) is 0 Å². The van der Waals surface area contributed by atoms with Crippen LogP contribution in [0.5, 0.6) is 0 Å². The molecule has 3 heterocycles. The van der Waals surface area contributed by atoms with Crippen LogP contribution < -0.4 is 11.1 Å². The van der Waals surface area contributed by atoms with Gasteiger partial charge >= 0.3 is 6.18 Å². The highest BCUT2D eigenvalue weighted by atomic mass is 19.4. The lowest BCUT2D eigenvalue weighted by Crippen LogP contribution is -2.29. The van der Waals surface area contributed by atoms with Gasteiger partial charge < -0.3 is 20.5 Å². The number of amides is 2. The molecule has 0 aliphatic rings. The lowest BCUT2D eigenvalue weighted by Gasteiger charge is -2.22. The lowest BCUT2D eigenvalue weighted by atomic mass is 10.1. The monoisotopic (exact) mass is 561 g/mol. The summed E-state index contributed by atoms with van der Waals surface area (Å²) >= 11 is 0. The van der Waals surface area contributed by atoms with E-state index < -0.39 is 18.1 Å². The number of imidazole rings is 1. The number of likely N-dealkylation sites (N-methyl/N-ethyl adjacent to an activating group) is 1. The molecule has 0 radical (unpaired) electrons. The van der Waals surface area contributed by atoms with Crippen LogP contribution in [-0.4, -0.2) is 48.9 Å². The van der Waals surface area contributed by atoms with Crippen molar-refractivity contribution >= 4 is 39.7 Å². The Morgan fingerprint density at radius 1 is 1.12 bits per heavy atom. The molecule has 0 spiro atoms. The van der Waals surface area contributed by atoms with Gasteiger partial charge in [-0.2, -0.15) is 13.2 Å². The van der Waals surface area contributed by atoms with E-state index in [1.54, 1.807) is 41.8 Å². The lowest BCUT2D eigenvalue weighted by molar-refractivity contribution is -0.127. The number of alkyl halides is 3. The van der Waals surface area contributed by atoms with Gasteiger partial charge in [0.1, 0.15) is 22.9 Å². The molecule has 12 heteroatoms. The number of halogens is 3. The van der Waals surface area contributed by atoms with Crippen LogP contribution in [0.1, 0.15) is 29.1 Å². The number of benzene rings is 2. The van der Waals surface area contributed by atoms with Gasteiger partial charge in [0.2, 0.25) is 5.91 Å². The molecule has 0 bridgehead atoms. The number of nitrogen functional groups attached to an aromatic ring is 1. The standard InChI is InChI=1S/C29H26F3N7O2/c1-17(38(3)23(40)9-11-29(30,31)32)27-36-24(25-26(33)34-12-14-39(25)27)19-5-4-6-20(15-19)28(41)35-21-8-7-18-10-13-37(2)22(18)16-21/h4-17H,1-3H3,(H2,33,34)(H,35,41)/b11-9+/t17-/m0/s1. The van der Waals surface area contributed by atoms with Gasteiger partial charge in [-0.15, -0.1) is 0 Å². The van der Waals surface area contributed by atoms with Gasteiger partial charge in [0.05, 0.1) is 6.04 Å². The zero-order chi connectivity index (χ0) is 29.5. The van der Waals surface area contributed by atoms with E-state index in [-0.39, 0.29) is 17.8 Å². The smallest absolute Gasteiger partial charge is 0.382 e. The molecule has 0 aliphatic carbocycles. The molecule has 3 N–H and O–H groups in total. The fraction of sp³-hybridized carbons (Fsp3) is 0.172. The van der Waals surface area contributed by atoms with Gasteiger partial charge in [-0.25, -0.2) is 9.97 Å². The number of hydrogen-bond donors (Lipinski definition) is 2. The quantitative estimate of drug-likeness (QED) is 0.271. The fourth-order valence-electron chi connectivity index (χ4n) is 4.58. The maximum atomic E-state index is 13.2. The average molecular weight is 562 g/mol. The van der Waals surface area contributed by atoms with Crippen LogP contribution in [0.3, 0.4) is 0 Å². The van der Waals surface area contributed by atoms with Crippen molar-refractivity contribution in [2.24, 2.45) is 7.05 Å². The highest BCUT2D eigenvalue weighted by Gasteiger charge is 2.27. The third kappa shape index (κ3) is 5.49. The molecular formula is C29H26F3N7O2. The maximum absolute atomic E-state index is 13.2. The Morgan fingerprint density at radius 3 is 2.66 bits per heavy atom. The van der Waals surface area contributed by atoms with Crippen LogP contribution >= 0.6 is 0 Å². The molecule has 210 valence electrons. The van der Waals surface area contributed by atoms with E-state index in [0.717, 1.165) is 15.8 Å². The van der Waals surface area contributed by atoms with Crippen LogP contribution in [0.25, 0.3) is 27.7 Å². The van der Waals surface area contributed by atoms with Crippen molar-refractivity contribution in [3.8, 4) is 11.3 Å². The molecule has 0 aliphatic heterocycles. The Hall–Kier alpha value is -5.13. The number of nitrogens with two attached hydrogens (primary N) is 1. The van der Waals surface area contributed by atoms with Crippen molar-refractivity contribution in [1.29, 1.82) is 0 Å². The summed E-state index contributed by atoms with van der Waals surface area (Å²) < 4.78 is 41.4. The third-order valence-electron chi connectivity index (χ3n) is 6.87. The largest absolute Gasteiger partial charge is 0.409 e. The third-order valence-corrected chi connectivity index (χ3v) is 6.87. The summed E-state index contributed by atoms with van der Waals surface area (Å²) in [7, 11) is 3.31. The summed E-state index contributed by atoms with van der Waals surface area (Å²) in [6, 6.07) is 13.7. The topological polar surface area (TPSA) is 111 Å². The first kappa shape index (κ1) is 27.4. The van der Waals surface area contributed by atoms with E-state index in [9.17, 15) is 22.8 Å². The van der Waals surface area contributed by atoms with Crippen LogP contribution in [0.15, 0.2) is 79.3 Å². The van der Waals surface area contributed by atoms with Gasteiger partial charge in [0.25, 0.3) is 5.91 Å². The number of nitrogens with zero attached hydrogens (tertiary/aromatic N) is 5. The molecule has 2 amide bonds. The second kappa shape index (κ2) is 10.5. The molecule has 0 saturated heterocycles. The van der Waals surface area contributed by atoms with Gasteiger partial charge in [-0.05, 0) is 42.6 Å². The normalized spacial score (nSPS) is 12.7. The molecule has 0 fully saturated rings. The van der Waals surface area contributed by atoms with Crippen molar-refractivity contribution in [1.82, 2.24) is 23.8 Å². The Kier molecular flexibility index (Phi) is 6.99. The molecule has 0 unspecified atom stereocenters. The summed E-state index contributed by atoms with van der Waals surface area (Å²) in [5.74, 6) is -0.663. The number of aromatic nitrogens is 4. The van der Waals surface area contributed by atoms with Crippen LogP contribution in [0.4, 0.5) is 24.7 Å². The first-order valence-electron chi connectivity index (χ1n) is 12.5. The van der Waals surface area contributed by atoms with E-state index in [0.29, 0.717) is 39.9 Å². The summed E-state index contributed by atoms with van der Waals surface area (Å²) in [5.41, 5.74) is 9.61. The van der Waals surface area contributed by atoms with Crippen LogP contribution in [-0.2, 0) is 11.8 Å². The summed E-state index contributed by atoms with van der Waals surface area (Å²) in [5, 5.41) is 3.98. The summed E-state index contributed by atoms with van der Waals surface area (Å²) in [6.07, 6.45) is 0.762. The highest BCUT2D eigenvalue weighted by molar-refractivity contribution is 6.06. The summed E-state index contributed by atoms with van der Waals surface area (Å²) in [6.45, 7) is 1.64. The Labute approximate surface area is 232 Å². The number of carbonyl (C=O) groups is 2. The van der Waals surface area contributed by atoms with Crippen molar-refractivity contribution in [3.05, 3.63) is 90.7 Å². The highest BCUT2D eigenvalue weighted by Crippen LogP contribution is 2.32. The Morgan fingerprint density at radius 2 is 1.90 bits per heavy atom. The van der Waals surface area contributed by atoms with Gasteiger partial charge in [0.15, 0.2) is 0 Å². The number of allylic oxidation sites excluding steroid dienone is 1. The fourth-order valence-corrected chi connectivity index (χ4v) is 4.58. The second-order valence-corrected chi connectivity index (χ2v) is 9.58. The number of anilines is 2. The first-order chi connectivity index (χ1) is 19.4. The maximum Gasteiger partial charge on any atom is 0.409 e. The van der Waals surface area contributed by atoms with E-state index in [1.165, 1.54) is 13.2 Å². The van der Waals surface area contributed by atoms with Gasteiger partial charge in [-0.3, -0.25) is 14.0 Å². The van der Waals surface area contributed by atoms with Crippen molar-refractivity contribution in [2.45, 2.75) is 19.1 Å². The van der Waals surface area contributed by atoms with E-state index in [2.05, 4.69) is 10.3 Å². The van der Waals surface area contributed by atoms with Crippen molar-refractivity contribution in [3.63, 3.8) is 0 Å². The molecule has 5 aromatic rings. The number of rotatable bonds is 6. The van der Waals surface area contributed by atoms with Crippen LogP contribution in [0, 0.1) is 0 Å². The van der Waals surface area contributed by atoms with E-state index in [1.807, 2.05) is 42.1 Å². The molecule has 2 aromatic carbocycles. The minimum atomic E-state index is -4.61. The van der Waals surface area contributed by atoms with Crippen molar-refractivity contribution in [2.75, 3.05) is 18.1 Å². The number of carbonyl (C=O) groups excluding carboxylic acids is 2. The van der Waals surface area contributed by atoms with Gasteiger partial charge in [-0.1, -0.05) is 18.2 Å². The summed E-state index contributed by atoms with van der Waals surface area (Å²) in [4.78, 5) is 35.7. The number of nitrogens with one attached hydrogen (secondary N) is 1. The Bertz CT molecular complexity index is 1820. The predicted octanol–water partition coefficient (Wildman–Crippen LogP) is 5.36. The molecular weight excluding hydrogens is 535 g/mol. The molecule has 0 saturated carbocycles. The minimum absolute atomic E-state index is 0.107. The SMILES string of the molecule is C[C@@H](c1nc(-c2cccc(C(=O)Nc3ccc4ccn(C)c4c3)c2)c2c(N)nccn12)N(C)C(=O)/C=C/C(F)(F)F. The zero-order valence-corrected chi connectivity index (χ0v) is 22.3. The number of aryl methyl sites for hydroxylation is 1. The average Bonchev–Trinajstić information content (AvgIpc) is 3.52. The van der Waals surface area contributed by atoms with E-state index >= 15 is 0 Å². The molecule has 1 atom stereocenters. The second-order valence-electron chi connectivity index (χ2n) is 9.58. The molecule has 9 nitrogen and oxygen atoms in total. The predicted molar refractivity (Wildman–Crippen MR) is 150 cm³/mol. The minimum Gasteiger partial charge on any atom is -0.382 e. The Balaban J connectivity index is 1.48. The van der Waals surface area contributed by atoms with Crippen molar-refractivity contribution < 1.29 is 22.8 Å². The van der Waals surface area contributed by atoms with E-state index in [4.69, 9.17) is 10.7 Å². The van der Waals surface area contributed by atoms with Gasteiger partial charge in [0, 0.05) is 67.2 Å². The zero-order valence-electron chi connectivity index (χ0n) is 22.3. The molecule has 5 rings (SSSR count). The number of hydrogen-bond acceptors (Lipinski definition) is 5.